The van der Waals surface area contributed by atoms with Crippen molar-refractivity contribution in [1.29, 1.82) is 0 Å². The fourth-order valence-electron chi connectivity index (χ4n) is 2.49. The highest BCUT2D eigenvalue weighted by Gasteiger charge is 2.21. The van der Waals surface area contributed by atoms with Crippen LogP contribution in [0.15, 0.2) is 54.6 Å². The van der Waals surface area contributed by atoms with Crippen molar-refractivity contribution in [1.82, 2.24) is 10.2 Å². The summed E-state index contributed by atoms with van der Waals surface area (Å²) in [6.07, 6.45) is 0.993. The van der Waals surface area contributed by atoms with Crippen LogP contribution < -0.4 is 10.2 Å². The molecule has 1 aliphatic rings. The molecule has 114 valence electrons. The molecule has 2 aromatic rings. The average molecular weight is 315 g/mol. The van der Waals surface area contributed by atoms with Gasteiger partial charge in [0.2, 0.25) is 0 Å². The second kappa shape index (κ2) is 6.85. The van der Waals surface area contributed by atoms with Gasteiger partial charge in [0.25, 0.3) is 0 Å². The Morgan fingerprint density at radius 3 is 2.50 bits per heavy atom. The summed E-state index contributed by atoms with van der Waals surface area (Å²) >= 11 is 5.37. The van der Waals surface area contributed by atoms with Gasteiger partial charge in [0.05, 0.1) is 13.3 Å². The van der Waals surface area contributed by atoms with E-state index < -0.39 is 0 Å². The zero-order chi connectivity index (χ0) is 15.4. The molecule has 0 saturated carbocycles. The Labute approximate surface area is 135 Å². The van der Waals surface area contributed by atoms with Crippen LogP contribution in [0, 0.1) is 5.82 Å². The van der Waals surface area contributed by atoms with Gasteiger partial charge in [-0.25, -0.2) is 4.39 Å². The average Bonchev–Trinajstić information content (AvgIpc) is 2.56. The van der Waals surface area contributed by atoms with E-state index in [1.165, 1.54) is 17.7 Å². The van der Waals surface area contributed by atoms with E-state index >= 15 is 0 Å². The first kappa shape index (κ1) is 14.9. The van der Waals surface area contributed by atoms with Gasteiger partial charge < -0.3 is 10.2 Å². The summed E-state index contributed by atoms with van der Waals surface area (Å²) in [4.78, 5) is 4.27. The van der Waals surface area contributed by atoms with Gasteiger partial charge in [0.1, 0.15) is 5.82 Å². The highest BCUT2D eigenvalue weighted by Crippen LogP contribution is 2.17. The van der Waals surface area contributed by atoms with Crippen molar-refractivity contribution >= 4 is 23.0 Å². The standard InChI is InChI=1S/C17H18FN3S/c18-15-6-8-16(9-7-15)21-13-20(12-19-17(21)22)11-10-14-4-2-1-3-5-14/h1-9H,10-13H2,(H,19,22). The van der Waals surface area contributed by atoms with Crippen molar-refractivity contribution in [3.05, 3.63) is 66.0 Å². The third-order valence-corrected chi connectivity index (χ3v) is 4.10. The molecule has 0 aromatic heterocycles. The van der Waals surface area contributed by atoms with Crippen molar-refractivity contribution in [2.45, 2.75) is 6.42 Å². The van der Waals surface area contributed by atoms with Crippen molar-refractivity contribution < 1.29 is 4.39 Å². The summed E-state index contributed by atoms with van der Waals surface area (Å²) in [6.45, 7) is 2.39. The molecule has 0 unspecified atom stereocenters. The van der Waals surface area contributed by atoms with Crippen LogP contribution in [-0.4, -0.2) is 29.9 Å². The Kier molecular flexibility index (Phi) is 4.65. The van der Waals surface area contributed by atoms with E-state index in [9.17, 15) is 4.39 Å². The molecule has 0 atom stereocenters. The van der Waals surface area contributed by atoms with Gasteiger partial charge in [-0.1, -0.05) is 30.3 Å². The van der Waals surface area contributed by atoms with E-state index in [0.29, 0.717) is 11.8 Å². The van der Waals surface area contributed by atoms with E-state index in [-0.39, 0.29) is 5.82 Å². The molecule has 0 amide bonds. The van der Waals surface area contributed by atoms with Crippen LogP contribution in [0.25, 0.3) is 0 Å². The van der Waals surface area contributed by atoms with Crippen LogP contribution in [-0.2, 0) is 6.42 Å². The summed E-state index contributed by atoms with van der Waals surface area (Å²) in [5.74, 6) is -0.236. The SMILES string of the molecule is Fc1ccc(N2CN(CCc3ccccc3)CNC2=S)cc1. The molecular weight excluding hydrogens is 297 g/mol. The molecule has 0 bridgehead atoms. The first-order valence-corrected chi connectivity index (χ1v) is 7.70. The Morgan fingerprint density at radius 1 is 1.05 bits per heavy atom. The second-order valence-electron chi connectivity index (χ2n) is 5.32. The van der Waals surface area contributed by atoms with Crippen molar-refractivity contribution in [2.24, 2.45) is 0 Å². The first-order chi connectivity index (χ1) is 10.7. The zero-order valence-electron chi connectivity index (χ0n) is 12.2. The number of anilines is 1. The minimum atomic E-state index is -0.236. The predicted molar refractivity (Wildman–Crippen MR) is 91.2 cm³/mol. The fourth-order valence-corrected chi connectivity index (χ4v) is 2.72. The maximum atomic E-state index is 13.1. The fraction of sp³-hybridized carbons (Fsp3) is 0.235. The Hall–Kier alpha value is -1.98. The maximum absolute atomic E-state index is 13.1. The van der Waals surface area contributed by atoms with E-state index in [0.717, 1.165) is 25.3 Å². The van der Waals surface area contributed by atoms with Crippen LogP contribution in [0.5, 0.6) is 0 Å². The lowest BCUT2D eigenvalue weighted by Gasteiger charge is -2.38. The molecular formula is C17H18FN3S. The number of halogens is 1. The Balaban J connectivity index is 1.63. The molecule has 1 saturated heterocycles. The highest BCUT2D eigenvalue weighted by atomic mass is 32.1. The number of thiocarbonyl (C=S) groups is 1. The number of benzene rings is 2. The quantitative estimate of drug-likeness (QED) is 0.874. The topological polar surface area (TPSA) is 18.5 Å². The molecule has 3 nitrogen and oxygen atoms in total. The normalized spacial score (nSPS) is 15.7. The van der Waals surface area contributed by atoms with Gasteiger partial charge in [0, 0.05) is 12.2 Å². The van der Waals surface area contributed by atoms with Crippen LogP contribution in [0.2, 0.25) is 0 Å². The summed E-state index contributed by atoms with van der Waals surface area (Å²) < 4.78 is 13.1. The maximum Gasteiger partial charge on any atom is 0.175 e. The van der Waals surface area contributed by atoms with Gasteiger partial charge in [-0.05, 0) is 48.5 Å². The summed E-state index contributed by atoms with van der Waals surface area (Å²) in [6, 6.07) is 16.9. The molecule has 22 heavy (non-hydrogen) atoms. The molecule has 2 aromatic carbocycles. The molecule has 1 fully saturated rings. The molecule has 1 heterocycles. The lowest BCUT2D eigenvalue weighted by molar-refractivity contribution is 0.264. The highest BCUT2D eigenvalue weighted by molar-refractivity contribution is 7.80. The van der Waals surface area contributed by atoms with E-state index in [2.05, 4.69) is 34.5 Å². The number of nitrogens with zero attached hydrogens (tertiary/aromatic N) is 2. The minimum Gasteiger partial charge on any atom is -0.349 e. The van der Waals surface area contributed by atoms with E-state index in [1.54, 1.807) is 12.1 Å². The zero-order valence-corrected chi connectivity index (χ0v) is 13.0. The van der Waals surface area contributed by atoms with Crippen LogP contribution in [0.3, 0.4) is 0 Å². The lowest BCUT2D eigenvalue weighted by atomic mass is 10.1. The van der Waals surface area contributed by atoms with Gasteiger partial charge >= 0.3 is 0 Å². The first-order valence-electron chi connectivity index (χ1n) is 7.29. The molecule has 5 heteroatoms. The third kappa shape index (κ3) is 3.61. The van der Waals surface area contributed by atoms with Gasteiger partial charge in [-0.15, -0.1) is 0 Å². The summed E-state index contributed by atoms with van der Waals surface area (Å²) in [5.41, 5.74) is 2.23. The third-order valence-electron chi connectivity index (χ3n) is 3.74. The number of rotatable bonds is 4. The lowest BCUT2D eigenvalue weighted by Crippen LogP contribution is -2.56. The molecule has 3 rings (SSSR count). The van der Waals surface area contributed by atoms with Crippen LogP contribution >= 0.6 is 12.2 Å². The van der Waals surface area contributed by atoms with Crippen molar-refractivity contribution in [3.63, 3.8) is 0 Å². The van der Waals surface area contributed by atoms with Crippen LogP contribution in [0.1, 0.15) is 5.56 Å². The monoisotopic (exact) mass is 315 g/mol. The summed E-state index contributed by atoms with van der Waals surface area (Å²) in [5, 5.41) is 3.90. The molecule has 0 radical (unpaired) electrons. The molecule has 1 aliphatic heterocycles. The van der Waals surface area contributed by atoms with Gasteiger partial charge in [-0.2, -0.15) is 0 Å². The smallest absolute Gasteiger partial charge is 0.175 e. The van der Waals surface area contributed by atoms with Crippen LogP contribution in [0.4, 0.5) is 10.1 Å². The van der Waals surface area contributed by atoms with Gasteiger partial charge in [0.15, 0.2) is 5.11 Å². The van der Waals surface area contributed by atoms with E-state index in [1.807, 2.05) is 11.0 Å². The number of hydrogen-bond donors (Lipinski definition) is 1. The number of nitrogens with one attached hydrogen (secondary N) is 1. The summed E-state index contributed by atoms with van der Waals surface area (Å²) in [7, 11) is 0. The molecule has 0 spiro atoms. The Bertz CT molecular complexity index is 630. The van der Waals surface area contributed by atoms with E-state index in [4.69, 9.17) is 12.2 Å². The minimum absolute atomic E-state index is 0.236. The second-order valence-corrected chi connectivity index (χ2v) is 5.70. The molecule has 0 aliphatic carbocycles. The van der Waals surface area contributed by atoms with Crippen molar-refractivity contribution in [3.8, 4) is 0 Å². The Morgan fingerprint density at radius 2 is 1.77 bits per heavy atom. The van der Waals surface area contributed by atoms with Gasteiger partial charge in [-0.3, -0.25) is 4.90 Å². The predicted octanol–water partition coefficient (Wildman–Crippen LogP) is 2.98. The largest absolute Gasteiger partial charge is 0.349 e. The van der Waals surface area contributed by atoms with Crippen molar-refractivity contribution in [2.75, 3.05) is 24.8 Å². The number of hydrogen-bond acceptors (Lipinski definition) is 2. The molecule has 1 N–H and O–H groups in total.